The van der Waals surface area contributed by atoms with Gasteiger partial charge in [0, 0.05) is 21.9 Å². The molecule has 152 valence electrons. The van der Waals surface area contributed by atoms with Gasteiger partial charge in [-0.1, -0.05) is 60.7 Å². The molecular formula is C26H18F2N2O. The Hall–Kier alpha value is -3.99. The third-order valence-corrected chi connectivity index (χ3v) is 5.62. The summed E-state index contributed by atoms with van der Waals surface area (Å²) in [6.45, 7) is 0.115. The molecule has 0 unspecified atom stereocenters. The zero-order chi connectivity index (χ0) is 21.5. The molecule has 4 aromatic carbocycles. The molecule has 5 aromatic rings. The Morgan fingerprint density at radius 2 is 1.58 bits per heavy atom. The summed E-state index contributed by atoms with van der Waals surface area (Å²) < 4.78 is 30.2. The van der Waals surface area contributed by atoms with Crippen molar-refractivity contribution in [2.24, 2.45) is 5.73 Å². The van der Waals surface area contributed by atoms with Crippen LogP contribution in [0, 0.1) is 11.6 Å². The van der Waals surface area contributed by atoms with Crippen LogP contribution in [0.25, 0.3) is 32.9 Å². The highest BCUT2D eigenvalue weighted by atomic mass is 19.2. The summed E-state index contributed by atoms with van der Waals surface area (Å²) in [7, 11) is 0. The molecule has 0 aliphatic rings. The van der Waals surface area contributed by atoms with Gasteiger partial charge in [0.05, 0.1) is 17.6 Å². The van der Waals surface area contributed by atoms with Gasteiger partial charge in [0.1, 0.15) is 0 Å². The van der Waals surface area contributed by atoms with Gasteiger partial charge in [-0.15, -0.1) is 0 Å². The maximum atomic E-state index is 14.5. The van der Waals surface area contributed by atoms with Crippen LogP contribution in [-0.2, 0) is 6.54 Å². The summed E-state index contributed by atoms with van der Waals surface area (Å²) in [5, 5.41) is 1.54. The summed E-state index contributed by atoms with van der Waals surface area (Å²) in [5.74, 6) is -2.29. The lowest BCUT2D eigenvalue weighted by molar-refractivity contribution is 0.100. The van der Waals surface area contributed by atoms with E-state index < -0.39 is 17.5 Å². The van der Waals surface area contributed by atoms with Crippen LogP contribution in [-0.4, -0.2) is 10.5 Å². The summed E-state index contributed by atoms with van der Waals surface area (Å²) in [4.78, 5) is 12.1. The van der Waals surface area contributed by atoms with Gasteiger partial charge >= 0.3 is 0 Å². The molecule has 5 rings (SSSR count). The van der Waals surface area contributed by atoms with Crippen molar-refractivity contribution in [3.63, 3.8) is 0 Å². The lowest BCUT2D eigenvalue weighted by Gasteiger charge is -2.10. The maximum absolute atomic E-state index is 14.5. The van der Waals surface area contributed by atoms with E-state index in [1.54, 1.807) is 18.2 Å². The standard InChI is InChI=1S/C26H18F2N2O/c27-21-10-4-8-18(25(21)28)15-30-22-11-5-9-20(26(29)31)24(22)19-13-12-17(14-23(19)30)16-6-2-1-3-7-16/h1-14H,15H2,(H2,29,31). The molecule has 1 heterocycles. The molecule has 0 fully saturated rings. The van der Waals surface area contributed by atoms with Crippen LogP contribution >= 0.6 is 0 Å². The first-order chi connectivity index (χ1) is 15.0. The second-order valence-corrected chi connectivity index (χ2v) is 7.46. The van der Waals surface area contributed by atoms with Gasteiger partial charge in [-0.25, -0.2) is 8.78 Å². The van der Waals surface area contributed by atoms with Crippen LogP contribution in [0.3, 0.4) is 0 Å². The molecule has 0 atom stereocenters. The number of nitrogens with two attached hydrogens (primary N) is 1. The Labute approximate surface area is 177 Å². The molecule has 2 N–H and O–H groups in total. The van der Waals surface area contributed by atoms with Crippen molar-refractivity contribution < 1.29 is 13.6 Å². The quantitative estimate of drug-likeness (QED) is 0.393. The highest BCUT2D eigenvalue weighted by Gasteiger charge is 2.18. The first kappa shape index (κ1) is 19.0. The number of carbonyl (C=O) groups excluding carboxylic acids is 1. The van der Waals surface area contributed by atoms with Gasteiger partial charge in [0.2, 0.25) is 5.91 Å². The Balaban J connectivity index is 1.83. The van der Waals surface area contributed by atoms with Crippen LogP contribution in [0.5, 0.6) is 0 Å². The molecule has 5 heteroatoms. The number of fused-ring (bicyclic) bond motifs is 3. The molecule has 0 spiro atoms. The fraction of sp³-hybridized carbons (Fsp3) is 0.0385. The number of halogens is 2. The molecule has 1 amide bonds. The third kappa shape index (κ3) is 3.15. The number of primary amides is 1. The van der Waals surface area contributed by atoms with Gasteiger partial charge in [0.15, 0.2) is 11.6 Å². The van der Waals surface area contributed by atoms with E-state index in [1.165, 1.54) is 6.07 Å². The zero-order valence-corrected chi connectivity index (χ0v) is 16.5. The number of hydrogen-bond donors (Lipinski definition) is 1. The zero-order valence-electron chi connectivity index (χ0n) is 16.5. The van der Waals surface area contributed by atoms with E-state index in [1.807, 2.05) is 59.2 Å². The maximum Gasteiger partial charge on any atom is 0.249 e. The molecule has 31 heavy (non-hydrogen) atoms. The van der Waals surface area contributed by atoms with Crippen LogP contribution < -0.4 is 5.73 Å². The Morgan fingerprint density at radius 3 is 2.35 bits per heavy atom. The van der Waals surface area contributed by atoms with Crippen molar-refractivity contribution in [3.05, 3.63) is 108 Å². The smallest absolute Gasteiger partial charge is 0.249 e. The molecule has 0 aliphatic heterocycles. The van der Waals surface area contributed by atoms with Crippen LogP contribution in [0.15, 0.2) is 84.9 Å². The number of rotatable bonds is 4. The van der Waals surface area contributed by atoms with Crippen LogP contribution in [0.1, 0.15) is 15.9 Å². The van der Waals surface area contributed by atoms with Gasteiger partial charge in [-0.2, -0.15) is 0 Å². The highest BCUT2D eigenvalue weighted by Crippen LogP contribution is 2.35. The van der Waals surface area contributed by atoms with Crippen LogP contribution in [0.4, 0.5) is 8.78 Å². The van der Waals surface area contributed by atoms with E-state index >= 15 is 0 Å². The second kappa shape index (κ2) is 7.36. The minimum atomic E-state index is -0.888. The number of carbonyl (C=O) groups is 1. The Bertz CT molecular complexity index is 1460. The average molecular weight is 412 g/mol. The Morgan fingerprint density at radius 1 is 0.806 bits per heavy atom. The van der Waals surface area contributed by atoms with Crippen LogP contribution in [0.2, 0.25) is 0 Å². The number of nitrogens with zero attached hydrogens (tertiary/aromatic N) is 1. The number of benzene rings is 4. The predicted octanol–water partition coefficient (Wildman–Crippen LogP) is 5.89. The highest BCUT2D eigenvalue weighted by molar-refractivity contribution is 6.18. The van der Waals surface area contributed by atoms with Crippen molar-refractivity contribution in [2.45, 2.75) is 6.54 Å². The SMILES string of the molecule is NC(=O)c1cccc2c1c1ccc(-c3ccccc3)cc1n2Cc1cccc(F)c1F. The van der Waals surface area contributed by atoms with E-state index in [0.717, 1.165) is 33.6 Å². The van der Waals surface area contributed by atoms with Gasteiger partial charge in [-0.3, -0.25) is 4.79 Å². The molecular weight excluding hydrogens is 394 g/mol. The van der Waals surface area contributed by atoms with Crippen molar-refractivity contribution in [1.82, 2.24) is 4.57 Å². The first-order valence-corrected chi connectivity index (χ1v) is 9.87. The van der Waals surface area contributed by atoms with E-state index in [2.05, 4.69) is 0 Å². The van der Waals surface area contributed by atoms with Crippen molar-refractivity contribution in [3.8, 4) is 11.1 Å². The summed E-state index contributed by atoms with van der Waals surface area (Å²) in [5.41, 5.74) is 9.84. The Kier molecular flexibility index (Phi) is 4.51. The molecule has 0 bridgehead atoms. The number of hydrogen-bond acceptors (Lipinski definition) is 1. The minimum Gasteiger partial charge on any atom is -0.366 e. The molecule has 3 nitrogen and oxygen atoms in total. The van der Waals surface area contributed by atoms with Crippen molar-refractivity contribution in [1.29, 1.82) is 0 Å². The molecule has 1 aromatic heterocycles. The minimum absolute atomic E-state index is 0.115. The van der Waals surface area contributed by atoms with Gasteiger partial charge in [0.25, 0.3) is 0 Å². The summed E-state index contributed by atoms with van der Waals surface area (Å²) in [6, 6.07) is 25.3. The van der Waals surface area contributed by atoms with E-state index in [-0.39, 0.29) is 12.1 Å². The predicted molar refractivity (Wildman–Crippen MR) is 119 cm³/mol. The third-order valence-electron chi connectivity index (χ3n) is 5.62. The van der Waals surface area contributed by atoms with E-state index in [4.69, 9.17) is 5.73 Å². The average Bonchev–Trinajstić information content (AvgIpc) is 3.10. The van der Waals surface area contributed by atoms with Crippen molar-refractivity contribution >= 4 is 27.7 Å². The molecule has 0 radical (unpaired) electrons. The van der Waals surface area contributed by atoms with Gasteiger partial charge in [-0.05, 0) is 35.4 Å². The largest absolute Gasteiger partial charge is 0.366 e. The van der Waals surface area contributed by atoms with E-state index in [0.29, 0.717) is 10.9 Å². The second-order valence-electron chi connectivity index (χ2n) is 7.46. The normalized spacial score (nSPS) is 11.3. The lowest BCUT2D eigenvalue weighted by atomic mass is 10.0. The lowest BCUT2D eigenvalue weighted by Crippen LogP contribution is -2.11. The van der Waals surface area contributed by atoms with Crippen molar-refractivity contribution in [2.75, 3.05) is 0 Å². The molecule has 0 saturated heterocycles. The molecule has 0 saturated carbocycles. The number of aromatic nitrogens is 1. The monoisotopic (exact) mass is 412 g/mol. The molecule has 0 aliphatic carbocycles. The van der Waals surface area contributed by atoms with Gasteiger partial charge < -0.3 is 10.3 Å². The fourth-order valence-electron chi connectivity index (χ4n) is 4.17. The fourth-order valence-corrected chi connectivity index (χ4v) is 4.17. The number of amides is 1. The topological polar surface area (TPSA) is 48.0 Å². The van der Waals surface area contributed by atoms with E-state index in [9.17, 15) is 13.6 Å². The summed E-state index contributed by atoms with van der Waals surface area (Å²) in [6.07, 6.45) is 0. The summed E-state index contributed by atoms with van der Waals surface area (Å²) >= 11 is 0. The first-order valence-electron chi connectivity index (χ1n) is 9.87.